The molecule has 53 heavy (non-hydrogen) atoms. The zero-order chi connectivity index (χ0) is 35.7. The zero-order valence-corrected chi connectivity index (χ0v) is 31.3. The molecule has 5 nitrogen and oxygen atoms in total. The van der Waals surface area contributed by atoms with Crippen LogP contribution in [0.15, 0.2) is 179 Å². The van der Waals surface area contributed by atoms with E-state index in [1.165, 1.54) is 37.7 Å². The molecule has 9 rings (SSSR count). The number of aromatic nitrogens is 1. The van der Waals surface area contributed by atoms with E-state index in [0.29, 0.717) is 6.67 Å². The third kappa shape index (κ3) is 6.33. The molecule has 0 saturated heterocycles. The molecule has 6 heteroatoms. The quantitative estimate of drug-likeness (QED) is 0.0929. The third-order valence-corrected chi connectivity index (χ3v) is 12.0. The lowest BCUT2D eigenvalue weighted by Crippen LogP contribution is -2.29. The second-order valence-corrected chi connectivity index (χ2v) is 15.7. The maximum Gasteiger partial charge on any atom is 0.136 e. The van der Waals surface area contributed by atoms with Crippen molar-refractivity contribution in [2.75, 3.05) is 14.1 Å². The predicted octanol–water partition coefficient (Wildman–Crippen LogP) is 8.73. The van der Waals surface area contributed by atoms with Crippen LogP contribution in [0.4, 0.5) is 0 Å². The van der Waals surface area contributed by atoms with Gasteiger partial charge in [-0.3, -0.25) is 4.90 Å². The average molecular weight is 705 g/mol. The molecule has 0 saturated carbocycles. The van der Waals surface area contributed by atoms with Crippen molar-refractivity contribution in [1.29, 1.82) is 0 Å². The molecule has 0 aliphatic carbocycles. The first-order valence-electron chi connectivity index (χ1n) is 18.2. The number of fused-ring (bicyclic) bond motifs is 6. The van der Waals surface area contributed by atoms with E-state index in [0.717, 1.165) is 44.5 Å². The van der Waals surface area contributed by atoms with Gasteiger partial charge in [0.2, 0.25) is 0 Å². The van der Waals surface area contributed by atoms with Crippen LogP contribution in [-0.4, -0.2) is 38.9 Å². The molecular weight excluding hydrogens is 665 g/mol. The summed E-state index contributed by atoms with van der Waals surface area (Å²) in [5.74, 6) is 0.841. The largest absolute Gasteiger partial charge is 0.456 e. The molecule has 0 spiro atoms. The Bertz CT molecular complexity index is 2740. The number of amidine groups is 1. The van der Waals surface area contributed by atoms with E-state index in [-0.39, 0.29) is 6.17 Å². The van der Waals surface area contributed by atoms with Crippen molar-refractivity contribution in [2.24, 2.45) is 4.99 Å². The summed E-state index contributed by atoms with van der Waals surface area (Å²) in [4.78, 5) is 7.81. The third-order valence-electron chi connectivity index (χ3n) is 10.3. The van der Waals surface area contributed by atoms with Gasteiger partial charge in [-0.15, -0.1) is 0 Å². The van der Waals surface area contributed by atoms with Gasteiger partial charge in [0.1, 0.15) is 23.2 Å². The summed E-state index contributed by atoms with van der Waals surface area (Å²) in [6.45, 7) is 0.626. The Morgan fingerprint density at radius 1 is 0.623 bits per heavy atom. The molecule has 1 atom stereocenters. The molecule has 1 N–H and O–H groups in total. The SMILES string of the molecule is CN/C(=N\C(c1ccccc1)N(C)Cn1c2ccc([SiH2]c3ccccc3)cc2c2cc3oc4ccccc4c3cc21)c1cccc(-c2ccccc2)c1. The molecule has 0 aliphatic heterocycles. The number of hydrogen-bond donors (Lipinski definition) is 1. The fraction of sp³-hybridized carbons (Fsp3) is 0.0851. The first-order valence-corrected chi connectivity index (χ1v) is 19.6. The van der Waals surface area contributed by atoms with Crippen LogP contribution in [0.3, 0.4) is 0 Å². The number of para-hydroxylation sites is 1. The van der Waals surface area contributed by atoms with E-state index in [1.54, 1.807) is 0 Å². The molecule has 0 aliphatic rings. The summed E-state index contributed by atoms with van der Waals surface area (Å²) in [5, 5.41) is 11.0. The fourth-order valence-corrected chi connectivity index (χ4v) is 9.21. The fourth-order valence-electron chi connectivity index (χ4n) is 7.69. The minimum Gasteiger partial charge on any atom is -0.456 e. The number of nitrogens with one attached hydrogen (secondary N) is 1. The van der Waals surface area contributed by atoms with E-state index in [2.05, 4.69) is 186 Å². The van der Waals surface area contributed by atoms with E-state index >= 15 is 0 Å². The van der Waals surface area contributed by atoms with Crippen LogP contribution in [0, 0.1) is 0 Å². The van der Waals surface area contributed by atoms with Gasteiger partial charge in [-0.05, 0) is 54.1 Å². The monoisotopic (exact) mass is 704 g/mol. The van der Waals surface area contributed by atoms with Gasteiger partial charge in [0.05, 0.1) is 27.2 Å². The van der Waals surface area contributed by atoms with Crippen LogP contribution < -0.4 is 15.7 Å². The zero-order valence-electron chi connectivity index (χ0n) is 29.9. The number of furan rings is 1. The topological polar surface area (TPSA) is 45.7 Å². The highest BCUT2D eigenvalue weighted by molar-refractivity contribution is 6.67. The molecule has 258 valence electrons. The van der Waals surface area contributed by atoms with Crippen molar-refractivity contribution in [3.05, 3.63) is 181 Å². The second kappa shape index (κ2) is 14.1. The average Bonchev–Trinajstić information content (AvgIpc) is 3.72. The summed E-state index contributed by atoms with van der Waals surface area (Å²) >= 11 is 0. The summed E-state index contributed by atoms with van der Waals surface area (Å²) in [5.41, 5.74) is 8.73. The highest BCUT2D eigenvalue weighted by Gasteiger charge is 2.22. The molecule has 2 aromatic heterocycles. The van der Waals surface area contributed by atoms with Crippen molar-refractivity contribution in [3.8, 4) is 11.1 Å². The second-order valence-electron chi connectivity index (χ2n) is 13.8. The van der Waals surface area contributed by atoms with Crippen LogP contribution in [0.2, 0.25) is 0 Å². The van der Waals surface area contributed by atoms with Crippen LogP contribution in [-0.2, 0) is 6.67 Å². The number of benzene rings is 7. The maximum absolute atomic E-state index is 6.42. The summed E-state index contributed by atoms with van der Waals surface area (Å²) in [7, 11) is 3.49. The normalized spacial score (nSPS) is 12.9. The minimum absolute atomic E-state index is 0.255. The molecule has 0 amide bonds. The van der Waals surface area contributed by atoms with Crippen molar-refractivity contribution >= 4 is 69.5 Å². The minimum atomic E-state index is -0.640. The van der Waals surface area contributed by atoms with E-state index < -0.39 is 9.52 Å². The Hall–Kier alpha value is -6.21. The summed E-state index contributed by atoms with van der Waals surface area (Å²) in [6, 6.07) is 60.6. The molecule has 0 radical (unpaired) electrons. The Labute approximate surface area is 311 Å². The Morgan fingerprint density at radius 2 is 1.32 bits per heavy atom. The van der Waals surface area contributed by atoms with Crippen LogP contribution in [0.25, 0.3) is 54.9 Å². The van der Waals surface area contributed by atoms with Gasteiger partial charge in [-0.1, -0.05) is 150 Å². The van der Waals surface area contributed by atoms with Gasteiger partial charge in [0.15, 0.2) is 0 Å². The lowest BCUT2D eigenvalue weighted by molar-refractivity contribution is 0.205. The Balaban J connectivity index is 1.17. The first kappa shape index (κ1) is 32.7. The van der Waals surface area contributed by atoms with Crippen molar-refractivity contribution < 1.29 is 4.42 Å². The smallest absolute Gasteiger partial charge is 0.136 e. The number of aliphatic imine (C=N–C) groups is 1. The van der Waals surface area contributed by atoms with Crippen LogP contribution >= 0.6 is 0 Å². The van der Waals surface area contributed by atoms with Crippen molar-refractivity contribution in [2.45, 2.75) is 12.8 Å². The maximum atomic E-state index is 6.42. The lowest BCUT2D eigenvalue weighted by atomic mass is 10.0. The van der Waals surface area contributed by atoms with Gasteiger partial charge in [0, 0.05) is 34.2 Å². The van der Waals surface area contributed by atoms with E-state index in [4.69, 9.17) is 9.41 Å². The molecule has 7 aromatic carbocycles. The van der Waals surface area contributed by atoms with Gasteiger partial charge in [0.25, 0.3) is 0 Å². The molecule has 2 heterocycles. The predicted molar refractivity (Wildman–Crippen MR) is 225 cm³/mol. The van der Waals surface area contributed by atoms with E-state index in [9.17, 15) is 0 Å². The number of nitrogens with zero attached hydrogens (tertiary/aromatic N) is 3. The molecule has 9 aromatic rings. The highest BCUT2D eigenvalue weighted by Crippen LogP contribution is 2.37. The van der Waals surface area contributed by atoms with Crippen molar-refractivity contribution in [3.63, 3.8) is 0 Å². The first-order chi connectivity index (χ1) is 26.1. The number of rotatable bonds is 9. The molecule has 1 unspecified atom stereocenters. The van der Waals surface area contributed by atoms with Gasteiger partial charge >= 0.3 is 0 Å². The summed E-state index contributed by atoms with van der Waals surface area (Å²) in [6.07, 6.45) is -0.255. The Morgan fingerprint density at radius 3 is 2.11 bits per heavy atom. The Kier molecular flexibility index (Phi) is 8.68. The summed E-state index contributed by atoms with van der Waals surface area (Å²) < 4.78 is 8.88. The molecule has 0 bridgehead atoms. The lowest BCUT2D eigenvalue weighted by Gasteiger charge is -2.27. The number of hydrogen-bond acceptors (Lipinski definition) is 3. The van der Waals surface area contributed by atoms with Crippen molar-refractivity contribution in [1.82, 2.24) is 14.8 Å². The molecule has 0 fully saturated rings. The van der Waals surface area contributed by atoms with E-state index in [1.807, 2.05) is 13.1 Å². The van der Waals surface area contributed by atoms with Gasteiger partial charge < -0.3 is 14.3 Å². The van der Waals surface area contributed by atoms with Crippen LogP contribution in [0.5, 0.6) is 0 Å². The molecular formula is C47H40N4OSi. The highest BCUT2D eigenvalue weighted by atomic mass is 28.2. The van der Waals surface area contributed by atoms with Crippen LogP contribution in [0.1, 0.15) is 17.3 Å². The van der Waals surface area contributed by atoms with Gasteiger partial charge in [-0.25, -0.2) is 4.99 Å². The van der Waals surface area contributed by atoms with Gasteiger partial charge in [-0.2, -0.15) is 0 Å². The standard InChI is InChI=1S/C47H40N4OSi/c1-48-46(35-20-14-19-34(27-35)32-15-6-3-7-16-32)49-47(33-17-8-4-9-18-33)50(2)31-51-42-26-25-37(53-36-21-10-5-11-22-36)28-39(42)40-30-45-41(29-43(40)51)38-23-12-13-24-44(38)52-45/h3-30,47H,31,53H2,1-2H3,(H,48,49).